The van der Waals surface area contributed by atoms with E-state index in [9.17, 15) is 4.79 Å². The van der Waals surface area contributed by atoms with Crippen molar-refractivity contribution in [2.45, 2.75) is 6.42 Å². The Balaban J connectivity index is 1.88. The molecule has 1 amide bonds. The molecule has 0 saturated carbocycles. The van der Waals surface area contributed by atoms with Gasteiger partial charge >= 0.3 is 0 Å². The zero-order valence-electron chi connectivity index (χ0n) is 10.6. The maximum absolute atomic E-state index is 11.9. The summed E-state index contributed by atoms with van der Waals surface area (Å²) in [5.74, 6) is 0.713. The average molecular weight is 293 g/mol. The van der Waals surface area contributed by atoms with Gasteiger partial charge in [-0.25, -0.2) is 0 Å². The number of anilines is 1. The van der Waals surface area contributed by atoms with Gasteiger partial charge in [-0.05, 0) is 12.1 Å². The van der Waals surface area contributed by atoms with Gasteiger partial charge in [-0.2, -0.15) is 4.98 Å². The van der Waals surface area contributed by atoms with Crippen LogP contribution in [0.2, 0.25) is 5.02 Å². The fraction of sp³-hybridized carbons (Fsp3) is 0.308. The zero-order chi connectivity index (χ0) is 14.1. The first kappa shape index (κ1) is 13.1. The average Bonchev–Trinajstić information content (AvgIpc) is 3.05. The standard InChI is InChI=1S/C13H13ClN4O2/c14-10-4-2-1-3-9(10)12-15-13(17-16-12)18-6-8(7-19)5-11(18)20/h1-4,8,19H,5-7H2,(H,15,16,17). The van der Waals surface area contributed by atoms with Crippen LogP contribution < -0.4 is 4.90 Å². The Hall–Kier alpha value is -1.92. The van der Waals surface area contributed by atoms with E-state index in [1.54, 1.807) is 6.07 Å². The number of rotatable bonds is 3. The van der Waals surface area contributed by atoms with Crippen molar-refractivity contribution >= 4 is 23.5 Å². The molecule has 20 heavy (non-hydrogen) atoms. The van der Waals surface area contributed by atoms with Gasteiger partial charge in [0.05, 0.1) is 5.02 Å². The number of nitrogens with zero attached hydrogens (tertiary/aromatic N) is 3. The molecule has 6 nitrogen and oxygen atoms in total. The number of nitrogens with one attached hydrogen (secondary N) is 1. The van der Waals surface area contributed by atoms with E-state index in [0.29, 0.717) is 29.8 Å². The summed E-state index contributed by atoms with van der Waals surface area (Å²) >= 11 is 6.10. The summed E-state index contributed by atoms with van der Waals surface area (Å²) < 4.78 is 0. The van der Waals surface area contributed by atoms with E-state index in [2.05, 4.69) is 15.2 Å². The second-order valence-electron chi connectivity index (χ2n) is 4.72. The third-order valence-corrected chi connectivity index (χ3v) is 3.64. The lowest BCUT2D eigenvalue weighted by Gasteiger charge is -2.10. The topological polar surface area (TPSA) is 82.1 Å². The number of benzene rings is 1. The van der Waals surface area contributed by atoms with Gasteiger partial charge in [-0.3, -0.25) is 14.8 Å². The fourth-order valence-electron chi connectivity index (χ4n) is 2.24. The van der Waals surface area contributed by atoms with Crippen LogP contribution in [0.15, 0.2) is 24.3 Å². The SMILES string of the molecule is O=C1CC(CO)CN1c1n[nH]c(-c2ccccc2Cl)n1. The lowest BCUT2D eigenvalue weighted by atomic mass is 10.1. The van der Waals surface area contributed by atoms with Crippen molar-refractivity contribution < 1.29 is 9.90 Å². The lowest BCUT2D eigenvalue weighted by molar-refractivity contribution is -0.117. The fourth-order valence-corrected chi connectivity index (χ4v) is 2.47. The summed E-state index contributed by atoms with van der Waals surface area (Å²) in [4.78, 5) is 17.7. The summed E-state index contributed by atoms with van der Waals surface area (Å²) in [7, 11) is 0. The Morgan fingerprint density at radius 3 is 2.95 bits per heavy atom. The number of aliphatic hydroxyl groups excluding tert-OH is 1. The molecular weight excluding hydrogens is 280 g/mol. The Morgan fingerprint density at radius 2 is 2.25 bits per heavy atom. The van der Waals surface area contributed by atoms with E-state index in [1.807, 2.05) is 18.2 Å². The first-order valence-corrected chi connectivity index (χ1v) is 6.65. The number of carbonyl (C=O) groups is 1. The van der Waals surface area contributed by atoms with Gasteiger partial charge in [-0.15, -0.1) is 5.10 Å². The summed E-state index contributed by atoms with van der Waals surface area (Å²) in [5, 5.41) is 16.5. The van der Waals surface area contributed by atoms with E-state index in [-0.39, 0.29) is 18.4 Å². The van der Waals surface area contributed by atoms with Crippen LogP contribution in [0, 0.1) is 5.92 Å². The monoisotopic (exact) mass is 292 g/mol. The van der Waals surface area contributed by atoms with Gasteiger partial charge in [0.1, 0.15) is 0 Å². The predicted molar refractivity (Wildman–Crippen MR) is 74.4 cm³/mol. The van der Waals surface area contributed by atoms with Crippen LogP contribution in [0.25, 0.3) is 11.4 Å². The first-order chi connectivity index (χ1) is 9.69. The number of aromatic amines is 1. The molecule has 1 aromatic heterocycles. The molecule has 1 atom stereocenters. The van der Waals surface area contributed by atoms with Crippen molar-refractivity contribution in [1.82, 2.24) is 15.2 Å². The van der Waals surface area contributed by atoms with Crippen molar-refractivity contribution in [3.8, 4) is 11.4 Å². The molecule has 0 bridgehead atoms. The largest absolute Gasteiger partial charge is 0.396 e. The van der Waals surface area contributed by atoms with Crippen molar-refractivity contribution in [3.63, 3.8) is 0 Å². The molecule has 0 radical (unpaired) electrons. The van der Waals surface area contributed by atoms with Crippen LogP contribution in [0.5, 0.6) is 0 Å². The van der Waals surface area contributed by atoms with E-state index in [4.69, 9.17) is 16.7 Å². The molecule has 0 aliphatic carbocycles. The second kappa shape index (κ2) is 5.22. The van der Waals surface area contributed by atoms with Gasteiger partial charge < -0.3 is 5.11 Å². The predicted octanol–water partition coefficient (Wildman–Crippen LogP) is 1.47. The molecule has 1 saturated heterocycles. The molecule has 2 aromatic rings. The Kier molecular flexibility index (Phi) is 3.42. The highest BCUT2D eigenvalue weighted by Gasteiger charge is 2.32. The summed E-state index contributed by atoms with van der Waals surface area (Å²) in [6, 6.07) is 7.28. The van der Waals surface area contributed by atoms with E-state index in [0.717, 1.165) is 5.56 Å². The van der Waals surface area contributed by atoms with Crippen molar-refractivity contribution in [1.29, 1.82) is 0 Å². The maximum atomic E-state index is 11.9. The third-order valence-electron chi connectivity index (χ3n) is 3.31. The highest BCUT2D eigenvalue weighted by molar-refractivity contribution is 6.33. The van der Waals surface area contributed by atoms with E-state index < -0.39 is 0 Å². The minimum Gasteiger partial charge on any atom is -0.396 e. The molecule has 1 aliphatic rings. The molecule has 3 rings (SSSR count). The molecule has 1 fully saturated rings. The highest BCUT2D eigenvalue weighted by atomic mass is 35.5. The van der Waals surface area contributed by atoms with Crippen LogP contribution in [0.4, 0.5) is 5.95 Å². The van der Waals surface area contributed by atoms with E-state index >= 15 is 0 Å². The first-order valence-electron chi connectivity index (χ1n) is 6.27. The molecule has 2 N–H and O–H groups in total. The van der Waals surface area contributed by atoms with Gasteiger partial charge in [0.15, 0.2) is 5.82 Å². The number of amides is 1. The number of carbonyl (C=O) groups excluding carboxylic acids is 1. The second-order valence-corrected chi connectivity index (χ2v) is 5.13. The summed E-state index contributed by atoms with van der Waals surface area (Å²) in [5.41, 5.74) is 0.735. The number of halogens is 1. The molecule has 1 aliphatic heterocycles. The van der Waals surface area contributed by atoms with Gasteiger partial charge in [-0.1, -0.05) is 23.7 Å². The minimum atomic E-state index is -0.0752. The lowest BCUT2D eigenvalue weighted by Crippen LogP contribution is -2.26. The van der Waals surface area contributed by atoms with Crippen LogP contribution in [0.1, 0.15) is 6.42 Å². The molecule has 7 heteroatoms. The zero-order valence-corrected chi connectivity index (χ0v) is 11.3. The highest BCUT2D eigenvalue weighted by Crippen LogP contribution is 2.27. The number of H-pyrrole nitrogens is 1. The van der Waals surface area contributed by atoms with Crippen molar-refractivity contribution in [3.05, 3.63) is 29.3 Å². The molecular formula is C13H13ClN4O2. The summed E-state index contributed by atoms with van der Waals surface area (Å²) in [6.45, 7) is 0.430. The quantitative estimate of drug-likeness (QED) is 0.897. The molecule has 2 heterocycles. The molecule has 104 valence electrons. The van der Waals surface area contributed by atoms with Crippen LogP contribution in [-0.4, -0.2) is 39.3 Å². The molecule has 1 unspecified atom stereocenters. The third kappa shape index (κ3) is 2.28. The minimum absolute atomic E-state index is 0.00989. The van der Waals surface area contributed by atoms with Crippen LogP contribution in [-0.2, 0) is 4.79 Å². The molecule has 1 aromatic carbocycles. The number of aliphatic hydroxyl groups is 1. The van der Waals surface area contributed by atoms with Crippen molar-refractivity contribution in [2.24, 2.45) is 5.92 Å². The summed E-state index contributed by atoms with van der Waals surface area (Å²) in [6.07, 6.45) is 0.326. The van der Waals surface area contributed by atoms with Gasteiger partial charge in [0.25, 0.3) is 5.95 Å². The van der Waals surface area contributed by atoms with Gasteiger partial charge in [0, 0.05) is 31.1 Å². The van der Waals surface area contributed by atoms with Crippen molar-refractivity contribution in [2.75, 3.05) is 18.1 Å². The Morgan fingerprint density at radius 1 is 1.45 bits per heavy atom. The van der Waals surface area contributed by atoms with Gasteiger partial charge in [0.2, 0.25) is 5.91 Å². The number of hydrogen-bond acceptors (Lipinski definition) is 4. The number of hydrogen-bond donors (Lipinski definition) is 2. The maximum Gasteiger partial charge on any atom is 0.251 e. The van der Waals surface area contributed by atoms with Crippen LogP contribution in [0.3, 0.4) is 0 Å². The smallest absolute Gasteiger partial charge is 0.251 e. The number of aromatic nitrogens is 3. The normalized spacial score (nSPS) is 18.8. The van der Waals surface area contributed by atoms with E-state index in [1.165, 1.54) is 4.90 Å². The molecule has 0 spiro atoms. The Labute approximate surface area is 120 Å². The van der Waals surface area contributed by atoms with Crippen LogP contribution >= 0.6 is 11.6 Å². The Bertz CT molecular complexity index is 643.